The van der Waals surface area contributed by atoms with Gasteiger partial charge in [0.15, 0.2) is 0 Å². The number of aromatic nitrogens is 2. The molecule has 0 bridgehead atoms. The molecule has 2 aromatic carbocycles. The second kappa shape index (κ2) is 11.2. The van der Waals surface area contributed by atoms with Crippen LogP contribution in [-0.2, 0) is 23.9 Å². The number of aryl methyl sites for hydroxylation is 1. The van der Waals surface area contributed by atoms with Gasteiger partial charge in [-0.05, 0) is 43.4 Å². The van der Waals surface area contributed by atoms with Crippen LogP contribution in [0.4, 0.5) is 13.2 Å². The molecule has 1 aromatic heterocycles. The van der Waals surface area contributed by atoms with Gasteiger partial charge in [0.05, 0.1) is 18.7 Å². The van der Waals surface area contributed by atoms with Crippen molar-refractivity contribution in [2.24, 2.45) is 5.92 Å². The highest BCUT2D eigenvalue weighted by Gasteiger charge is 2.30. The van der Waals surface area contributed by atoms with Gasteiger partial charge in [0.1, 0.15) is 11.6 Å². The van der Waals surface area contributed by atoms with Crippen LogP contribution in [0.25, 0.3) is 11.4 Å². The number of alkyl halides is 3. The van der Waals surface area contributed by atoms with Gasteiger partial charge < -0.3 is 14.4 Å². The number of aliphatic carboxylic acids is 1. The minimum Gasteiger partial charge on any atom is -0.493 e. The summed E-state index contributed by atoms with van der Waals surface area (Å²) < 4.78 is 46.9. The molecule has 0 amide bonds. The molecule has 0 saturated carbocycles. The summed E-state index contributed by atoms with van der Waals surface area (Å²) in [7, 11) is 0. The number of hydrogen-bond acceptors (Lipinski definition) is 3. The molecule has 1 heterocycles. The van der Waals surface area contributed by atoms with E-state index in [2.05, 4.69) is 4.98 Å². The summed E-state index contributed by atoms with van der Waals surface area (Å²) in [4.78, 5) is 15.3. The van der Waals surface area contributed by atoms with Crippen LogP contribution in [0.1, 0.15) is 49.9 Å². The molecule has 3 aromatic rings. The van der Waals surface area contributed by atoms with Gasteiger partial charge in [-0.2, -0.15) is 13.2 Å². The average Bonchev–Trinajstić information content (AvgIpc) is 3.19. The first-order chi connectivity index (χ1) is 16.2. The van der Waals surface area contributed by atoms with E-state index >= 15 is 0 Å². The number of para-hydroxylation sites is 1. The molecule has 0 radical (unpaired) electrons. The first kappa shape index (κ1) is 25.3. The molecule has 1 N–H and O–H groups in total. The van der Waals surface area contributed by atoms with Crippen molar-refractivity contribution >= 4 is 5.97 Å². The molecule has 0 aliphatic rings. The number of carboxylic acid groups (broad SMARTS) is 1. The second-order valence-electron chi connectivity index (χ2n) is 8.39. The lowest BCUT2D eigenvalue weighted by atomic mass is 10.0. The van der Waals surface area contributed by atoms with Crippen molar-refractivity contribution in [3.8, 4) is 17.1 Å². The fourth-order valence-electron chi connectivity index (χ4n) is 3.87. The van der Waals surface area contributed by atoms with Crippen LogP contribution in [0, 0.1) is 5.92 Å². The molecular formula is C26H29F3N2O3. The van der Waals surface area contributed by atoms with Gasteiger partial charge in [-0.1, -0.05) is 44.2 Å². The number of imidazole rings is 1. The normalized spacial score (nSPS) is 12.5. The maximum Gasteiger partial charge on any atom is 0.416 e. The fraction of sp³-hybridized carbons (Fsp3) is 0.385. The largest absolute Gasteiger partial charge is 0.493 e. The number of ether oxygens (including phenoxy) is 1. The highest BCUT2D eigenvalue weighted by molar-refractivity contribution is 5.66. The van der Waals surface area contributed by atoms with Crippen LogP contribution in [-0.4, -0.2) is 27.2 Å². The third-order valence-electron chi connectivity index (χ3n) is 5.69. The molecule has 1 atom stereocenters. The molecule has 0 spiro atoms. The average molecular weight is 475 g/mol. The van der Waals surface area contributed by atoms with Gasteiger partial charge in [0.25, 0.3) is 0 Å². The Hall–Kier alpha value is -3.29. The number of hydrogen-bond donors (Lipinski definition) is 1. The highest BCUT2D eigenvalue weighted by atomic mass is 19.4. The number of halogens is 3. The third-order valence-corrected chi connectivity index (χ3v) is 5.69. The Morgan fingerprint density at radius 3 is 2.50 bits per heavy atom. The van der Waals surface area contributed by atoms with Crippen LogP contribution in [0.15, 0.2) is 54.7 Å². The lowest BCUT2D eigenvalue weighted by molar-refractivity contribution is -0.138. The Balaban J connectivity index is 1.76. The van der Waals surface area contributed by atoms with Crippen molar-refractivity contribution in [1.82, 2.24) is 9.55 Å². The zero-order valence-corrected chi connectivity index (χ0v) is 19.3. The van der Waals surface area contributed by atoms with Crippen LogP contribution in [0.3, 0.4) is 0 Å². The predicted octanol–water partition coefficient (Wildman–Crippen LogP) is 6.45. The Morgan fingerprint density at radius 2 is 1.85 bits per heavy atom. The highest BCUT2D eigenvalue weighted by Crippen LogP contribution is 2.31. The van der Waals surface area contributed by atoms with Gasteiger partial charge in [0.2, 0.25) is 0 Å². The van der Waals surface area contributed by atoms with Crippen LogP contribution in [0.5, 0.6) is 5.75 Å². The molecule has 0 fully saturated rings. The minimum atomic E-state index is -4.38. The molecule has 3 rings (SSSR count). The van der Waals surface area contributed by atoms with Crippen molar-refractivity contribution in [2.75, 3.05) is 6.61 Å². The van der Waals surface area contributed by atoms with Crippen LogP contribution < -0.4 is 4.74 Å². The van der Waals surface area contributed by atoms with Gasteiger partial charge in [0, 0.05) is 29.4 Å². The summed E-state index contributed by atoms with van der Waals surface area (Å²) in [6.45, 7) is 4.85. The van der Waals surface area contributed by atoms with Crippen molar-refractivity contribution in [2.45, 2.75) is 52.3 Å². The van der Waals surface area contributed by atoms with Gasteiger partial charge in [-0.15, -0.1) is 0 Å². The maximum absolute atomic E-state index is 13.0. The standard InChI is InChI=1S/C26H29F3N2O3/c1-3-22-16-30-25(19-10-12-21(13-11-19)26(27,28)29)31(22)17-20-8-4-5-9-23(20)34-14-6-7-18(2)15-24(32)33/h4-5,8-13,16,18H,3,6-7,14-15,17H2,1-2H3,(H,32,33)/t18-/m0/s1. The predicted molar refractivity (Wildman–Crippen MR) is 124 cm³/mol. The van der Waals surface area contributed by atoms with E-state index < -0.39 is 17.7 Å². The summed E-state index contributed by atoms with van der Waals surface area (Å²) in [5.41, 5.74) is 1.81. The van der Waals surface area contributed by atoms with E-state index in [1.807, 2.05) is 42.7 Å². The van der Waals surface area contributed by atoms with E-state index in [1.165, 1.54) is 12.1 Å². The van der Waals surface area contributed by atoms with E-state index in [4.69, 9.17) is 9.84 Å². The van der Waals surface area contributed by atoms with Crippen LogP contribution in [0.2, 0.25) is 0 Å². The Bertz CT molecular complexity index is 1090. The Morgan fingerprint density at radius 1 is 1.15 bits per heavy atom. The molecule has 8 heteroatoms. The number of carbonyl (C=O) groups is 1. The zero-order valence-electron chi connectivity index (χ0n) is 19.3. The van der Waals surface area contributed by atoms with Crippen LogP contribution >= 0.6 is 0 Å². The second-order valence-corrected chi connectivity index (χ2v) is 8.39. The topological polar surface area (TPSA) is 64.4 Å². The monoisotopic (exact) mass is 474 g/mol. The number of nitrogens with zero attached hydrogens (tertiary/aromatic N) is 2. The molecule has 0 unspecified atom stereocenters. The van der Waals surface area contributed by atoms with Gasteiger partial charge in [-0.3, -0.25) is 4.79 Å². The molecule has 0 saturated heterocycles. The number of benzene rings is 2. The smallest absolute Gasteiger partial charge is 0.416 e. The molecule has 5 nitrogen and oxygen atoms in total. The first-order valence-corrected chi connectivity index (χ1v) is 11.3. The molecular weight excluding hydrogens is 445 g/mol. The first-order valence-electron chi connectivity index (χ1n) is 11.3. The Labute approximate surface area is 197 Å². The summed E-state index contributed by atoms with van der Waals surface area (Å²) in [5.74, 6) is 0.612. The SMILES string of the molecule is CCc1cnc(-c2ccc(C(F)(F)F)cc2)n1Cc1ccccc1OCCC[C@H](C)CC(=O)O. The molecule has 34 heavy (non-hydrogen) atoms. The third kappa shape index (κ3) is 6.62. The van der Waals surface area contributed by atoms with E-state index in [1.54, 1.807) is 6.20 Å². The Kier molecular flexibility index (Phi) is 8.36. The van der Waals surface area contributed by atoms with E-state index in [0.717, 1.165) is 48.4 Å². The summed E-state index contributed by atoms with van der Waals surface area (Å²) in [5, 5.41) is 8.89. The molecule has 182 valence electrons. The van der Waals surface area contributed by atoms with E-state index in [0.29, 0.717) is 24.5 Å². The summed E-state index contributed by atoms with van der Waals surface area (Å²) in [6, 6.07) is 12.7. The quantitative estimate of drug-likeness (QED) is 0.325. The lowest BCUT2D eigenvalue weighted by Gasteiger charge is -2.16. The van der Waals surface area contributed by atoms with E-state index in [-0.39, 0.29) is 12.3 Å². The molecule has 0 aliphatic heterocycles. The minimum absolute atomic E-state index is 0.0840. The molecule has 0 aliphatic carbocycles. The maximum atomic E-state index is 13.0. The summed E-state index contributed by atoms with van der Waals surface area (Å²) >= 11 is 0. The van der Waals surface area contributed by atoms with E-state index in [9.17, 15) is 18.0 Å². The van der Waals surface area contributed by atoms with Crippen molar-refractivity contribution < 1.29 is 27.8 Å². The van der Waals surface area contributed by atoms with Gasteiger partial charge in [-0.25, -0.2) is 4.98 Å². The zero-order chi connectivity index (χ0) is 24.7. The van der Waals surface area contributed by atoms with Crippen molar-refractivity contribution in [1.29, 1.82) is 0 Å². The number of carboxylic acids is 1. The van der Waals surface area contributed by atoms with Gasteiger partial charge >= 0.3 is 12.1 Å². The van der Waals surface area contributed by atoms with Crippen molar-refractivity contribution in [3.05, 3.63) is 71.5 Å². The lowest BCUT2D eigenvalue weighted by Crippen LogP contribution is -2.10. The fourth-order valence-corrected chi connectivity index (χ4v) is 3.87. The summed E-state index contributed by atoms with van der Waals surface area (Å²) in [6.07, 6.45) is -0.273. The van der Waals surface area contributed by atoms with Crippen molar-refractivity contribution in [3.63, 3.8) is 0 Å². The number of rotatable bonds is 11.